The lowest BCUT2D eigenvalue weighted by atomic mass is 10.2. The Balaban J connectivity index is 1.81. The van der Waals surface area contributed by atoms with Crippen LogP contribution in [0.25, 0.3) is 0 Å². The molecule has 3 aromatic carbocycles. The Bertz CT molecular complexity index is 1260. The summed E-state index contributed by atoms with van der Waals surface area (Å²) in [4.78, 5) is 25.1. The number of para-hydroxylation sites is 1. The van der Waals surface area contributed by atoms with Crippen LogP contribution in [-0.4, -0.2) is 33.5 Å². The number of esters is 1. The SMILES string of the molecule is CCC(OC(=O)c1ccc(OC)c(S(=O)(=O)Nc2ccc(C)cc2)c1)C(=O)Nc1ccccc1. The van der Waals surface area contributed by atoms with Gasteiger partial charge in [0.25, 0.3) is 15.9 Å². The number of hydrogen-bond acceptors (Lipinski definition) is 6. The summed E-state index contributed by atoms with van der Waals surface area (Å²) in [6.45, 7) is 3.60. The maximum Gasteiger partial charge on any atom is 0.338 e. The van der Waals surface area contributed by atoms with E-state index >= 15 is 0 Å². The minimum absolute atomic E-state index is 0.0314. The molecule has 0 aliphatic carbocycles. The van der Waals surface area contributed by atoms with Gasteiger partial charge < -0.3 is 14.8 Å². The third kappa shape index (κ3) is 6.14. The van der Waals surface area contributed by atoms with Gasteiger partial charge in [0.2, 0.25) is 0 Å². The molecule has 8 nitrogen and oxygen atoms in total. The van der Waals surface area contributed by atoms with E-state index in [1.807, 2.05) is 13.0 Å². The normalized spacial score (nSPS) is 11.9. The standard InChI is InChI=1S/C25H26N2O6S/c1-4-21(24(28)26-19-8-6-5-7-9-19)33-25(29)18-12-15-22(32-3)23(16-18)34(30,31)27-20-13-10-17(2)11-14-20/h5-16,21,27H,4H2,1-3H3,(H,26,28). The van der Waals surface area contributed by atoms with Crippen LogP contribution in [-0.2, 0) is 19.6 Å². The quantitative estimate of drug-likeness (QED) is 0.438. The van der Waals surface area contributed by atoms with Crippen LogP contribution in [0.2, 0.25) is 0 Å². The summed E-state index contributed by atoms with van der Waals surface area (Å²) in [5.74, 6) is -1.25. The van der Waals surface area contributed by atoms with Crippen molar-refractivity contribution in [2.45, 2.75) is 31.3 Å². The number of carbonyl (C=O) groups excluding carboxylic acids is 2. The summed E-state index contributed by atoms with van der Waals surface area (Å²) >= 11 is 0. The Morgan fingerprint density at radius 3 is 2.24 bits per heavy atom. The third-order valence-electron chi connectivity index (χ3n) is 4.95. The van der Waals surface area contributed by atoms with Crippen molar-refractivity contribution in [2.75, 3.05) is 17.1 Å². The van der Waals surface area contributed by atoms with Gasteiger partial charge in [0.1, 0.15) is 10.6 Å². The van der Waals surface area contributed by atoms with Gasteiger partial charge >= 0.3 is 5.97 Å². The minimum atomic E-state index is -4.08. The first-order valence-electron chi connectivity index (χ1n) is 10.6. The van der Waals surface area contributed by atoms with Gasteiger partial charge in [-0.25, -0.2) is 13.2 Å². The van der Waals surface area contributed by atoms with E-state index < -0.39 is 28.0 Å². The Hall–Kier alpha value is -3.85. The molecule has 2 N–H and O–H groups in total. The van der Waals surface area contributed by atoms with E-state index in [2.05, 4.69) is 10.0 Å². The highest BCUT2D eigenvalue weighted by atomic mass is 32.2. The first-order valence-corrected chi connectivity index (χ1v) is 12.1. The molecule has 1 amide bonds. The number of carbonyl (C=O) groups is 2. The summed E-state index contributed by atoms with van der Waals surface area (Å²) in [6.07, 6.45) is -0.818. The van der Waals surface area contributed by atoms with Gasteiger partial charge in [0.15, 0.2) is 6.10 Å². The lowest BCUT2D eigenvalue weighted by Crippen LogP contribution is -2.32. The molecule has 9 heteroatoms. The van der Waals surface area contributed by atoms with Crippen molar-refractivity contribution in [3.63, 3.8) is 0 Å². The Morgan fingerprint density at radius 2 is 1.62 bits per heavy atom. The second kappa shape index (κ2) is 10.8. The second-order valence-corrected chi connectivity index (χ2v) is 9.15. The van der Waals surface area contributed by atoms with E-state index in [0.29, 0.717) is 11.4 Å². The van der Waals surface area contributed by atoms with Crippen molar-refractivity contribution in [3.8, 4) is 5.75 Å². The zero-order chi connectivity index (χ0) is 24.7. The van der Waals surface area contributed by atoms with Crippen molar-refractivity contribution in [1.82, 2.24) is 0 Å². The predicted octanol–water partition coefficient (Wildman–Crippen LogP) is 4.38. The number of hydrogen-bond donors (Lipinski definition) is 2. The first kappa shape index (κ1) is 24.8. The molecule has 0 saturated carbocycles. The highest BCUT2D eigenvalue weighted by Crippen LogP contribution is 2.28. The average Bonchev–Trinajstić information content (AvgIpc) is 2.83. The molecule has 1 unspecified atom stereocenters. The maximum absolute atomic E-state index is 13.0. The Kier molecular flexibility index (Phi) is 7.91. The molecular weight excluding hydrogens is 456 g/mol. The van der Waals surface area contributed by atoms with Gasteiger partial charge in [-0.2, -0.15) is 0 Å². The molecule has 0 saturated heterocycles. The molecule has 0 fully saturated rings. The molecule has 0 spiro atoms. The first-order chi connectivity index (χ1) is 16.2. The molecule has 0 radical (unpaired) electrons. The van der Waals surface area contributed by atoms with E-state index in [1.165, 1.54) is 25.3 Å². The van der Waals surface area contributed by atoms with Gasteiger partial charge in [-0.3, -0.25) is 9.52 Å². The number of rotatable bonds is 9. The van der Waals surface area contributed by atoms with Crippen molar-refractivity contribution in [2.24, 2.45) is 0 Å². The minimum Gasteiger partial charge on any atom is -0.495 e. The average molecular weight is 483 g/mol. The Morgan fingerprint density at radius 1 is 0.941 bits per heavy atom. The van der Waals surface area contributed by atoms with Gasteiger partial charge in [0.05, 0.1) is 12.7 Å². The fourth-order valence-electron chi connectivity index (χ4n) is 3.11. The topological polar surface area (TPSA) is 111 Å². The van der Waals surface area contributed by atoms with E-state index in [0.717, 1.165) is 5.56 Å². The van der Waals surface area contributed by atoms with Crippen LogP contribution in [0.15, 0.2) is 77.7 Å². The van der Waals surface area contributed by atoms with Gasteiger partial charge in [0, 0.05) is 11.4 Å². The molecule has 1 atom stereocenters. The lowest BCUT2D eigenvalue weighted by molar-refractivity contribution is -0.124. The number of ether oxygens (including phenoxy) is 2. The van der Waals surface area contributed by atoms with Gasteiger partial charge in [-0.1, -0.05) is 42.8 Å². The third-order valence-corrected chi connectivity index (χ3v) is 6.35. The van der Waals surface area contributed by atoms with Crippen LogP contribution in [0.5, 0.6) is 5.75 Å². The summed E-state index contributed by atoms with van der Waals surface area (Å²) in [5.41, 5.74) is 1.88. The van der Waals surface area contributed by atoms with Crippen molar-refractivity contribution in [1.29, 1.82) is 0 Å². The molecule has 0 heterocycles. The van der Waals surface area contributed by atoms with E-state index in [1.54, 1.807) is 55.5 Å². The highest BCUT2D eigenvalue weighted by molar-refractivity contribution is 7.92. The molecule has 3 aromatic rings. The zero-order valence-electron chi connectivity index (χ0n) is 19.1. The number of anilines is 2. The predicted molar refractivity (Wildman–Crippen MR) is 130 cm³/mol. The number of nitrogens with one attached hydrogen (secondary N) is 2. The number of sulfonamides is 1. The highest BCUT2D eigenvalue weighted by Gasteiger charge is 2.26. The molecule has 34 heavy (non-hydrogen) atoms. The van der Waals surface area contributed by atoms with Crippen LogP contribution < -0.4 is 14.8 Å². The van der Waals surface area contributed by atoms with Gasteiger partial charge in [-0.05, 0) is 55.8 Å². The molecule has 0 aliphatic rings. The van der Waals surface area contributed by atoms with E-state index in [4.69, 9.17) is 9.47 Å². The van der Waals surface area contributed by atoms with E-state index in [9.17, 15) is 18.0 Å². The van der Waals surface area contributed by atoms with E-state index in [-0.39, 0.29) is 22.6 Å². The molecular formula is C25H26N2O6S. The zero-order valence-corrected chi connectivity index (χ0v) is 19.9. The molecule has 0 bridgehead atoms. The van der Waals surface area contributed by atoms with Crippen LogP contribution in [0, 0.1) is 6.92 Å². The van der Waals surface area contributed by atoms with Crippen molar-refractivity contribution >= 4 is 33.3 Å². The molecule has 3 rings (SSSR count). The second-order valence-electron chi connectivity index (χ2n) is 7.49. The van der Waals surface area contributed by atoms with Crippen LogP contribution >= 0.6 is 0 Å². The lowest BCUT2D eigenvalue weighted by Gasteiger charge is -2.17. The maximum atomic E-state index is 13.0. The molecule has 0 aromatic heterocycles. The van der Waals surface area contributed by atoms with Crippen molar-refractivity contribution in [3.05, 3.63) is 83.9 Å². The largest absolute Gasteiger partial charge is 0.495 e. The van der Waals surface area contributed by atoms with Crippen LogP contribution in [0.1, 0.15) is 29.3 Å². The summed E-state index contributed by atoms with van der Waals surface area (Å²) < 4.78 is 39.1. The number of benzene rings is 3. The van der Waals surface area contributed by atoms with Crippen molar-refractivity contribution < 1.29 is 27.5 Å². The summed E-state index contributed by atoms with van der Waals surface area (Å²) in [7, 11) is -2.75. The van der Waals surface area contributed by atoms with Crippen LogP contribution in [0.3, 0.4) is 0 Å². The smallest absolute Gasteiger partial charge is 0.338 e. The van der Waals surface area contributed by atoms with Gasteiger partial charge in [-0.15, -0.1) is 0 Å². The summed E-state index contributed by atoms with van der Waals surface area (Å²) in [5, 5.41) is 2.69. The number of amides is 1. The fourth-order valence-corrected chi connectivity index (χ4v) is 4.36. The Labute approximate surface area is 199 Å². The molecule has 0 aliphatic heterocycles. The fraction of sp³-hybridized carbons (Fsp3) is 0.200. The number of aryl methyl sites for hydroxylation is 1. The van der Waals surface area contributed by atoms with Crippen LogP contribution in [0.4, 0.5) is 11.4 Å². The molecule has 178 valence electrons. The number of methoxy groups -OCH3 is 1. The summed E-state index contributed by atoms with van der Waals surface area (Å²) in [6, 6.07) is 19.5. The monoisotopic (exact) mass is 482 g/mol.